The molecular weight excluding hydrogens is 395 g/mol. The number of hydrogen-bond donors (Lipinski definition) is 2. The third-order valence-electron chi connectivity index (χ3n) is 5.27. The molecule has 0 spiro atoms. The van der Waals surface area contributed by atoms with Crippen molar-refractivity contribution < 1.29 is 17.2 Å². The molecule has 0 unspecified atom stereocenters. The van der Waals surface area contributed by atoms with Gasteiger partial charge in [-0.3, -0.25) is 0 Å². The number of piperidine rings is 1. The number of fused-ring (bicyclic) bond motifs is 1. The Balaban J connectivity index is 1.66. The van der Waals surface area contributed by atoms with Gasteiger partial charge in [-0.1, -0.05) is 0 Å². The van der Waals surface area contributed by atoms with Gasteiger partial charge in [0.05, 0.1) is 5.75 Å². The predicted molar refractivity (Wildman–Crippen MR) is 113 cm³/mol. The molecule has 2 N–H and O–H groups in total. The molecule has 1 saturated heterocycles. The first-order valence-electron chi connectivity index (χ1n) is 10.0. The van der Waals surface area contributed by atoms with E-state index in [-0.39, 0.29) is 17.6 Å². The smallest absolute Gasteiger partial charge is 0.213 e. The second-order valence-electron chi connectivity index (χ2n) is 7.20. The van der Waals surface area contributed by atoms with Crippen LogP contribution in [-0.4, -0.2) is 50.1 Å². The van der Waals surface area contributed by atoms with E-state index in [0.29, 0.717) is 43.5 Å². The van der Waals surface area contributed by atoms with E-state index in [1.807, 2.05) is 13.8 Å². The highest BCUT2D eigenvalue weighted by molar-refractivity contribution is 7.89. The van der Waals surface area contributed by atoms with Gasteiger partial charge in [0.15, 0.2) is 5.96 Å². The highest BCUT2D eigenvalue weighted by atomic mass is 32.2. The Labute approximate surface area is 171 Å². The average Bonchev–Trinajstić information content (AvgIpc) is 3.02. The van der Waals surface area contributed by atoms with Crippen LogP contribution in [0.4, 0.5) is 4.39 Å². The largest absolute Gasteiger partial charge is 0.459 e. The van der Waals surface area contributed by atoms with Gasteiger partial charge < -0.3 is 15.1 Å². The second kappa shape index (κ2) is 9.13. The molecule has 1 aromatic heterocycles. The van der Waals surface area contributed by atoms with Gasteiger partial charge in [0, 0.05) is 36.6 Å². The third-order valence-corrected chi connectivity index (χ3v) is 7.16. The standard InChI is InChI=1S/C20H29FN4O3S/c1-4-22-20(24-16-8-10-25(11-9-16)29(26,27)5-2)23-13-19-14(3)17-12-15(21)6-7-18(17)28-19/h6-7,12,16H,4-5,8-11,13H2,1-3H3,(H2,22,23,24). The van der Waals surface area contributed by atoms with Crippen LogP contribution in [0.15, 0.2) is 27.6 Å². The summed E-state index contributed by atoms with van der Waals surface area (Å²) in [6, 6.07) is 4.65. The molecule has 3 rings (SSSR count). The van der Waals surface area contributed by atoms with Crippen molar-refractivity contribution in [2.75, 3.05) is 25.4 Å². The van der Waals surface area contributed by atoms with Crippen molar-refractivity contribution in [1.82, 2.24) is 14.9 Å². The number of halogens is 1. The molecule has 0 amide bonds. The third kappa shape index (κ3) is 5.08. The highest BCUT2D eigenvalue weighted by Gasteiger charge is 2.27. The first kappa shape index (κ1) is 21.6. The SMILES string of the molecule is CCNC(=NCc1oc2ccc(F)cc2c1C)NC1CCN(S(=O)(=O)CC)CC1. The number of nitrogens with zero attached hydrogens (tertiary/aromatic N) is 2. The van der Waals surface area contributed by atoms with E-state index in [1.165, 1.54) is 12.1 Å². The number of rotatable bonds is 6. The normalized spacial score (nSPS) is 17.0. The Morgan fingerprint density at radius 1 is 1.31 bits per heavy atom. The van der Waals surface area contributed by atoms with Gasteiger partial charge in [0.2, 0.25) is 10.0 Å². The fourth-order valence-electron chi connectivity index (χ4n) is 3.52. The number of sulfonamides is 1. The van der Waals surface area contributed by atoms with Crippen LogP contribution in [-0.2, 0) is 16.6 Å². The molecule has 1 aliphatic rings. The number of aryl methyl sites for hydroxylation is 1. The summed E-state index contributed by atoms with van der Waals surface area (Å²) in [7, 11) is -3.13. The van der Waals surface area contributed by atoms with Crippen LogP contribution < -0.4 is 10.6 Å². The topological polar surface area (TPSA) is 86.9 Å². The van der Waals surface area contributed by atoms with Crippen molar-refractivity contribution in [2.24, 2.45) is 4.99 Å². The molecule has 0 atom stereocenters. The van der Waals surface area contributed by atoms with Crippen molar-refractivity contribution in [3.05, 3.63) is 35.3 Å². The van der Waals surface area contributed by atoms with Crippen molar-refractivity contribution in [3.8, 4) is 0 Å². The monoisotopic (exact) mass is 424 g/mol. The van der Waals surface area contributed by atoms with Crippen LogP contribution in [0.1, 0.15) is 38.0 Å². The van der Waals surface area contributed by atoms with Gasteiger partial charge in [-0.25, -0.2) is 22.1 Å². The van der Waals surface area contributed by atoms with Gasteiger partial charge in [-0.15, -0.1) is 0 Å². The molecule has 9 heteroatoms. The number of furan rings is 1. The lowest BCUT2D eigenvalue weighted by molar-refractivity contribution is 0.306. The van der Waals surface area contributed by atoms with E-state index in [4.69, 9.17) is 4.42 Å². The molecule has 29 heavy (non-hydrogen) atoms. The quantitative estimate of drug-likeness (QED) is 0.550. The minimum absolute atomic E-state index is 0.135. The fourth-order valence-corrected chi connectivity index (χ4v) is 4.65. The molecule has 1 fully saturated rings. The molecule has 0 radical (unpaired) electrons. The molecule has 2 heterocycles. The van der Waals surface area contributed by atoms with E-state index in [1.54, 1.807) is 17.3 Å². The van der Waals surface area contributed by atoms with E-state index >= 15 is 0 Å². The zero-order valence-corrected chi connectivity index (χ0v) is 18.0. The molecule has 7 nitrogen and oxygen atoms in total. The maximum Gasteiger partial charge on any atom is 0.213 e. The van der Waals surface area contributed by atoms with Gasteiger partial charge in [-0.2, -0.15) is 0 Å². The number of nitrogens with one attached hydrogen (secondary N) is 2. The van der Waals surface area contributed by atoms with Crippen LogP contribution in [0, 0.1) is 12.7 Å². The first-order valence-corrected chi connectivity index (χ1v) is 11.6. The molecule has 0 aliphatic carbocycles. The summed E-state index contributed by atoms with van der Waals surface area (Å²) < 4.78 is 44.9. The molecule has 160 valence electrons. The number of hydrogen-bond acceptors (Lipinski definition) is 4. The first-order chi connectivity index (χ1) is 13.8. The molecular formula is C20H29FN4O3S. The van der Waals surface area contributed by atoms with E-state index < -0.39 is 10.0 Å². The maximum absolute atomic E-state index is 13.5. The highest BCUT2D eigenvalue weighted by Crippen LogP contribution is 2.26. The zero-order chi connectivity index (χ0) is 21.0. The van der Waals surface area contributed by atoms with Crippen LogP contribution >= 0.6 is 0 Å². The Morgan fingerprint density at radius 2 is 2.03 bits per heavy atom. The van der Waals surface area contributed by atoms with Crippen molar-refractivity contribution in [2.45, 2.75) is 46.2 Å². The van der Waals surface area contributed by atoms with Crippen molar-refractivity contribution in [1.29, 1.82) is 0 Å². The minimum atomic E-state index is -3.13. The number of guanidine groups is 1. The van der Waals surface area contributed by atoms with Crippen LogP contribution in [0.5, 0.6) is 0 Å². The van der Waals surface area contributed by atoms with E-state index in [2.05, 4.69) is 15.6 Å². The Hall–Kier alpha value is -2.13. The van der Waals surface area contributed by atoms with Gasteiger partial charge >= 0.3 is 0 Å². The second-order valence-corrected chi connectivity index (χ2v) is 9.46. The summed E-state index contributed by atoms with van der Waals surface area (Å²) >= 11 is 0. The lowest BCUT2D eigenvalue weighted by atomic mass is 10.1. The molecule has 1 aliphatic heterocycles. The lowest BCUT2D eigenvalue weighted by Gasteiger charge is -2.32. The minimum Gasteiger partial charge on any atom is -0.459 e. The van der Waals surface area contributed by atoms with Crippen LogP contribution in [0.25, 0.3) is 11.0 Å². The predicted octanol–water partition coefficient (Wildman–Crippen LogP) is 2.75. The van der Waals surface area contributed by atoms with Crippen molar-refractivity contribution in [3.63, 3.8) is 0 Å². The lowest BCUT2D eigenvalue weighted by Crippen LogP contribution is -2.50. The summed E-state index contributed by atoms with van der Waals surface area (Å²) in [4.78, 5) is 4.62. The van der Waals surface area contributed by atoms with Crippen LogP contribution in [0.3, 0.4) is 0 Å². The Bertz CT molecular complexity index is 979. The van der Waals surface area contributed by atoms with E-state index in [0.717, 1.165) is 23.8 Å². The average molecular weight is 425 g/mol. The summed E-state index contributed by atoms with van der Waals surface area (Å²) in [5.41, 5.74) is 1.54. The zero-order valence-electron chi connectivity index (χ0n) is 17.2. The van der Waals surface area contributed by atoms with Crippen LogP contribution in [0.2, 0.25) is 0 Å². The molecule has 0 bridgehead atoms. The summed E-state index contributed by atoms with van der Waals surface area (Å²) in [6.45, 7) is 7.63. The van der Waals surface area contributed by atoms with Gasteiger partial charge in [0.1, 0.15) is 23.7 Å². The Kier molecular flexibility index (Phi) is 6.79. The summed E-state index contributed by atoms with van der Waals surface area (Å²) in [5, 5.41) is 7.38. The summed E-state index contributed by atoms with van der Waals surface area (Å²) in [5.74, 6) is 1.21. The van der Waals surface area contributed by atoms with Crippen molar-refractivity contribution >= 4 is 27.0 Å². The number of benzene rings is 1. The maximum atomic E-state index is 13.5. The van der Waals surface area contributed by atoms with Gasteiger partial charge in [-0.05, 0) is 51.8 Å². The summed E-state index contributed by atoms with van der Waals surface area (Å²) in [6.07, 6.45) is 1.46. The Morgan fingerprint density at radius 3 is 2.69 bits per heavy atom. The molecule has 0 saturated carbocycles. The van der Waals surface area contributed by atoms with Gasteiger partial charge in [0.25, 0.3) is 0 Å². The molecule has 2 aromatic rings. The fraction of sp³-hybridized carbons (Fsp3) is 0.550. The number of aliphatic imine (C=N–C) groups is 1. The van der Waals surface area contributed by atoms with E-state index in [9.17, 15) is 12.8 Å². The molecule has 1 aromatic carbocycles.